The van der Waals surface area contributed by atoms with Crippen LogP contribution in [0.5, 0.6) is 5.75 Å². The minimum Gasteiger partial charge on any atom is -0.494 e. The highest BCUT2D eigenvalue weighted by Gasteiger charge is 2.29. The van der Waals surface area contributed by atoms with Crippen molar-refractivity contribution >= 4 is 44.8 Å². The van der Waals surface area contributed by atoms with Crippen molar-refractivity contribution in [2.45, 2.75) is 50.8 Å². The van der Waals surface area contributed by atoms with Gasteiger partial charge in [0, 0.05) is 43.2 Å². The van der Waals surface area contributed by atoms with Gasteiger partial charge in [-0.15, -0.1) is 0 Å². The zero-order valence-electron chi connectivity index (χ0n) is 32.5. The van der Waals surface area contributed by atoms with Gasteiger partial charge in [0.05, 0.1) is 36.3 Å². The molecule has 0 radical (unpaired) electrons. The van der Waals surface area contributed by atoms with Crippen LogP contribution in [-0.4, -0.2) is 95.9 Å². The van der Waals surface area contributed by atoms with Crippen molar-refractivity contribution in [3.63, 3.8) is 0 Å². The summed E-state index contributed by atoms with van der Waals surface area (Å²) in [7, 11) is -4.38. The maximum absolute atomic E-state index is 13.5. The van der Waals surface area contributed by atoms with Gasteiger partial charge in [0.15, 0.2) is 5.49 Å². The fourth-order valence-corrected chi connectivity index (χ4v) is 7.65. The smallest absolute Gasteiger partial charge is 0.407 e. The maximum Gasteiger partial charge on any atom is 0.407 e. The zero-order valence-corrected chi connectivity index (χ0v) is 33.3. The number of benzene rings is 3. The van der Waals surface area contributed by atoms with Gasteiger partial charge in [-0.05, 0) is 79.4 Å². The molecule has 2 heterocycles. The first kappa shape index (κ1) is 43.4. The van der Waals surface area contributed by atoms with Crippen LogP contribution >= 0.6 is 0 Å². The molecule has 0 bridgehead atoms. The van der Waals surface area contributed by atoms with Crippen molar-refractivity contribution < 1.29 is 47.4 Å². The molecule has 6 N–H and O–H groups in total. The lowest BCUT2D eigenvalue weighted by Gasteiger charge is -2.19. The summed E-state index contributed by atoms with van der Waals surface area (Å²) in [6.07, 6.45) is 2.96. The standard InChI is InChI=1S/C40H46N8O10S/c1-27-21-32(57-20-8-12-36(49)42-15-16-43-40(53)58-26-29-9-4-3-5-10-29)22-28(2)37(27)59(55,56)46-33(39(51)52)25-44-38(50)30-13-14-34-31(23-30)24-45-47(34)19-17-41-35-11-6-7-18-48(35)54/h3-7,9-11,13-14,18,21-24,33,46,54H,8,12,15-17,19-20,25-26H2,1-2H3,(H,42,49)(H,43,53)(H,44,50)(H,51,52)/t33-/m0/s1. The van der Waals surface area contributed by atoms with Gasteiger partial charge in [0.2, 0.25) is 15.9 Å². The molecule has 3 amide bonds. The van der Waals surface area contributed by atoms with Crippen molar-refractivity contribution in [3.05, 3.63) is 119 Å². The molecule has 5 aromatic rings. The second-order valence-electron chi connectivity index (χ2n) is 13.3. The molecule has 3 aromatic carbocycles. The van der Waals surface area contributed by atoms with Gasteiger partial charge in [0.1, 0.15) is 18.4 Å². The third-order valence-corrected chi connectivity index (χ3v) is 10.6. The van der Waals surface area contributed by atoms with E-state index in [1.54, 1.807) is 61.1 Å². The number of aryl methyl sites for hydroxylation is 2. The Morgan fingerprint density at radius 3 is 2.37 bits per heavy atom. The van der Waals surface area contributed by atoms with Gasteiger partial charge in [0.25, 0.3) is 5.91 Å². The second-order valence-corrected chi connectivity index (χ2v) is 15.0. The van der Waals surface area contributed by atoms with Crippen LogP contribution in [0.1, 0.15) is 39.9 Å². The summed E-state index contributed by atoms with van der Waals surface area (Å²) in [4.78, 5) is 53.5. The average Bonchev–Trinajstić information content (AvgIpc) is 3.61. The summed E-state index contributed by atoms with van der Waals surface area (Å²) >= 11 is 0. The highest BCUT2D eigenvalue weighted by atomic mass is 32.2. The number of amides is 3. The van der Waals surface area contributed by atoms with Crippen LogP contribution in [0.2, 0.25) is 0 Å². The van der Waals surface area contributed by atoms with E-state index in [1.807, 2.05) is 30.3 Å². The number of carboxylic acids is 1. The molecule has 0 unspecified atom stereocenters. The topological polar surface area (TPSA) is 245 Å². The summed E-state index contributed by atoms with van der Waals surface area (Å²) in [6, 6.07) is 20.5. The van der Waals surface area contributed by atoms with Crippen molar-refractivity contribution in [2.75, 3.05) is 32.8 Å². The summed E-state index contributed by atoms with van der Waals surface area (Å²) in [5.74, 6) is -1.98. The van der Waals surface area contributed by atoms with Crippen molar-refractivity contribution in [2.24, 2.45) is 4.99 Å². The number of alkyl carbamates (subject to hydrolysis) is 1. The summed E-state index contributed by atoms with van der Waals surface area (Å²) < 4.78 is 42.6. The second kappa shape index (κ2) is 20.6. The highest BCUT2D eigenvalue weighted by Crippen LogP contribution is 2.26. The SMILES string of the molecule is Cc1cc(OCCCC(=O)NCCNC(=O)OCc2ccccc2)cc(C)c1S(=O)(=O)N[C@@H](CNC(=O)c1ccc2c(cnn2CCN=c2ccccn2O)c1)C(=O)O. The number of hydrogen-bond donors (Lipinski definition) is 6. The van der Waals surface area contributed by atoms with Gasteiger partial charge >= 0.3 is 12.1 Å². The number of nitrogens with zero attached hydrogens (tertiary/aromatic N) is 4. The monoisotopic (exact) mass is 830 g/mol. The molecule has 0 aliphatic heterocycles. The third kappa shape index (κ3) is 12.6. The van der Waals surface area contributed by atoms with Gasteiger partial charge in [-0.25, -0.2) is 13.2 Å². The van der Waals surface area contributed by atoms with Crippen LogP contribution in [0.25, 0.3) is 10.9 Å². The Hall–Kier alpha value is -6.73. The molecule has 0 fully saturated rings. The number of fused-ring (bicyclic) bond motifs is 1. The number of aromatic nitrogens is 3. The van der Waals surface area contributed by atoms with Gasteiger partial charge in [-0.3, -0.25) is 24.1 Å². The van der Waals surface area contributed by atoms with Gasteiger partial charge in [-0.1, -0.05) is 36.4 Å². The number of hydrogen-bond acceptors (Lipinski definition) is 11. The van der Waals surface area contributed by atoms with E-state index in [1.165, 1.54) is 18.3 Å². The van der Waals surface area contributed by atoms with Crippen molar-refractivity contribution in [1.29, 1.82) is 0 Å². The van der Waals surface area contributed by atoms with Crippen LogP contribution in [0, 0.1) is 13.8 Å². The van der Waals surface area contributed by atoms with E-state index in [4.69, 9.17) is 9.47 Å². The molecule has 0 saturated heterocycles. The first-order valence-corrected chi connectivity index (χ1v) is 20.1. The van der Waals surface area contributed by atoms with Crippen molar-refractivity contribution in [3.8, 4) is 5.75 Å². The average molecular weight is 831 g/mol. The minimum atomic E-state index is -4.38. The van der Waals surface area contributed by atoms with Crippen LogP contribution in [-0.2, 0) is 37.5 Å². The van der Waals surface area contributed by atoms with Crippen LogP contribution in [0.3, 0.4) is 0 Å². The van der Waals surface area contributed by atoms with E-state index in [-0.39, 0.29) is 49.1 Å². The first-order valence-electron chi connectivity index (χ1n) is 18.6. The number of nitrogens with one attached hydrogen (secondary N) is 4. The largest absolute Gasteiger partial charge is 0.494 e. The zero-order chi connectivity index (χ0) is 42.4. The molecule has 19 heteroatoms. The number of rotatable bonds is 20. The molecule has 2 aromatic heterocycles. The van der Waals surface area contributed by atoms with E-state index in [0.717, 1.165) is 15.8 Å². The van der Waals surface area contributed by atoms with E-state index >= 15 is 0 Å². The number of aliphatic carboxylic acids is 1. The molecule has 59 heavy (non-hydrogen) atoms. The molecule has 0 saturated carbocycles. The lowest BCUT2D eigenvalue weighted by atomic mass is 10.1. The summed E-state index contributed by atoms with van der Waals surface area (Å²) in [6.45, 7) is 3.98. The molecular formula is C40H46N8O10S. The third-order valence-electron chi connectivity index (χ3n) is 8.82. The normalized spacial score (nSPS) is 12.1. The first-order chi connectivity index (χ1) is 28.3. The quantitative estimate of drug-likeness (QED) is 0.0492. The summed E-state index contributed by atoms with van der Waals surface area (Å²) in [5, 5.41) is 32.5. The van der Waals surface area contributed by atoms with Crippen LogP contribution in [0.15, 0.2) is 101 Å². The Morgan fingerprint density at radius 1 is 0.915 bits per heavy atom. The number of carbonyl (C=O) groups is 4. The fraction of sp³-hybridized carbons (Fsp3) is 0.300. The minimum absolute atomic E-state index is 0.131. The number of carboxylic acid groups (broad SMARTS) is 1. The van der Waals surface area contributed by atoms with Crippen LogP contribution in [0.4, 0.5) is 4.79 Å². The lowest BCUT2D eigenvalue weighted by molar-refractivity contribution is -0.138. The van der Waals surface area contributed by atoms with E-state index in [9.17, 15) is 37.9 Å². The Kier molecular flexibility index (Phi) is 15.2. The molecule has 0 aliphatic carbocycles. The Bertz CT molecular complexity index is 2430. The predicted molar refractivity (Wildman–Crippen MR) is 214 cm³/mol. The Balaban J connectivity index is 1.06. The number of pyridine rings is 1. The van der Waals surface area contributed by atoms with E-state index in [0.29, 0.717) is 47.3 Å². The summed E-state index contributed by atoms with van der Waals surface area (Å²) in [5.41, 5.74) is 2.78. The highest BCUT2D eigenvalue weighted by molar-refractivity contribution is 7.89. The lowest BCUT2D eigenvalue weighted by Crippen LogP contribution is -2.48. The van der Waals surface area contributed by atoms with Gasteiger partial charge < -0.3 is 35.7 Å². The number of carbonyl (C=O) groups excluding carboxylic acids is 3. The molecule has 0 spiro atoms. The van der Waals surface area contributed by atoms with Crippen molar-refractivity contribution in [1.82, 2.24) is 35.2 Å². The van der Waals surface area contributed by atoms with E-state index in [2.05, 4.69) is 30.8 Å². The Morgan fingerprint density at radius 2 is 1.64 bits per heavy atom. The maximum atomic E-state index is 13.5. The molecule has 18 nitrogen and oxygen atoms in total. The Labute approximate surface area is 339 Å². The van der Waals surface area contributed by atoms with E-state index < -0.39 is 40.6 Å². The molecule has 1 atom stereocenters. The van der Waals surface area contributed by atoms with Crippen LogP contribution < -0.4 is 30.9 Å². The predicted octanol–water partition coefficient (Wildman–Crippen LogP) is 2.66. The molecule has 312 valence electrons. The van der Waals surface area contributed by atoms with Gasteiger partial charge in [-0.2, -0.15) is 14.6 Å². The molecule has 5 rings (SSSR count). The number of sulfonamides is 1. The number of ether oxygens (including phenoxy) is 2. The fourth-order valence-electron chi connectivity index (χ4n) is 6.01. The molecule has 0 aliphatic rings. The molecular weight excluding hydrogens is 785 g/mol.